The number of thiol groups is 1. The zero-order valence-corrected chi connectivity index (χ0v) is 11.6. The highest BCUT2D eigenvalue weighted by atomic mass is 32.1. The van der Waals surface area contributed by atoms with Crippen LogP contribution in [0.3, 0.4) is 0 Å². The maximum Gasteiger partial charge on any atom is 0.128 e. The Morgan fingerprint density at radius 3 is 2.53 bits per heavy atom. The zero-order chi connectivity index (χ0) is 12.7. The molecule has 1 rings (SSSR count). The van der Waals surface area contributed by atoms with E-state index in [-0.39, 0.29) is 0 Å². The summed E-state index contributed by atoms with van der Waals surface area (Å²) in [7, 11) is 3.38. The van der Waals surface area contributed by atoms with Gasteiger partial charge in [-0.05, 0) is 31.5 Å². The van der Waals surface area contributed by atoms with Crippen LogP contribution in [0.2, 0.25) is 0 Å². The van der Waals surface area contributed by atoms with Gasteiger partial charge in [0.1, 0.15) is 11.5 Å². The van der Waals surface area contributed by atoms with Gasteiger partial charge in [-0.25, -0.2) is 0 Å². The first-order chi connectivity index (χ1) is 8.24. The largest absolute Gasteiger partial charge is 0.496 e. The maximum absolute atomic E-state index is 5.45. The van der Waals surface area contributed by atoms with E-state index >= 15 is 0 Å². The topological polar surface area (TPSA) is 30.5 Å². The number of hydrogen-bond donors (Lipinski definition) is 2. The summed E-state index contributed by atoms with van der Waals surface area (Å²) in [6.07, 6.45) is 0.946. The van der Waals surface area contributed by atoms with E-state index < -0.39 is 0 Å². The Hall–Kier alpha value is -0.870. The van der Waals surface area contributed by atoms with E-state index in [2.05, 4.69) is 24.0 Å². The fourth-order valence-electron chi connectivity index (χ4n) is 1.86. The molecular weight excluding hydrogens is 234 g/mol. The van der Waals surface area contributed by atoms with Crippen LogP contribution in [-0.4, -0.2) is 33.1 Å². The van der Waals surface area contributed by atoms with Gasteiger partial charge in [0.15, 0.2) is 0 Å². The first kappa shape index (κ1) is 14.2. The Bertz CT molecular complexity index is 356. The molecule has 1 N–H and O–H groups in total. The summed E-state index contributed by atoms with van der Waals surface area (Å²) in [6.45, 7) is 3.88. The van der Waals surface area contributed by atoms with Crippen molar-refractivity contribution in [2.24, 2.45) is 0 Å². The smallest absolute Gasteiger partial charge is 0.128 e. The molecule has 0 aromatic heterocycles. The molecule has 0 heterocycles. The third-order valence-electron chi connectivity index (χ3n) is 2.72. The number of benzene rings is 1. The molecule has 0 fully saturated rings. The van der Waals surface area contributed by atoms with Crippen LogP contribution in [-0.2, 0) is 6.42 Å². The third-order valence-corrected chi connectivity index (χ3v) is 2.95. The first-order valence-electron chi connectivity index (χ1n) is 5.76. The first-order valence-corrected chi connectivity index (χ1v) is 6.39. The molecule has 0 spiro atoms. The van der Waals surface area contributed by atoms with Gasteiger partial charge in [-0.1, -0.05) is 6.07 Å². The van der Waals surface area contributed by atoms with Gasteiger partial charge in [-0.15, -0.1) is 0 Å². The van der Waals surface area contributed by atoms with Crippen LogP contribution in [0.25, 0.3) is 0 Å². The Kier molecular flexibility index (Phi) is 6.22. The minimum atomic E-state index is 0.860. The molecule has 1 aromatic carbocycles. The van der Waals surface area contributed by atoms with Crippen molar-refractivity contribution >= 4 is 12.6 Å². The van der Waals surface area contributed by atoms with Gasteiger partial charge in [-0.3, -0.25) is 0 Å². The quantitative estimate of drug-likeness (QED) is 0.577. The van der Waals surface area contributed by atoms with Crippen LogP contribution >= 0.6 is 12.6 Å². The fourth-order valence-corrected chi connectivity index (χ4v) is 2.02. The highest BCUT2D eigenvalue weighted by Crippen LogP contribution is 2.31. The highest BCUT2D eigenvalue weighted by molar-refractivity contribution is 7.80. The van der Waals surface area contributed by atoms with E-state index in [9.17, 15) is 0 Å². The molecule has 0 bridgehead atoms. The van der Waals surface area contributed by atoms with Gasteiger partial charge < -0.3 is 14.8 Å². The second-order valence-corrected chi connectivity index (χ2v) is 4.26. The van der Waals surface area contributed by atoms with Gasteiger partial charge in [0.25, 0.3) is 0 Å². The Labute approximate surface area is 109 Å². The van der Waals surface area contributed by atoms with E-state index in [1.807, 2.05) is 13.0 Å². The molecule has 0 amide bonds. The minimum Gasteiger partial charge on any atom is -0.496 e. The van der Waals surface area contributed by atoms with E-state index in [1.54, 1.807) is 14.2 Å². The average Bonchev–Trinajstić information content (AvgIpc) is 2.35. The molecular formula is C13H21NO2S. The molecule has 3 nitrogen and oxygen atoms in total. The van der Waals surface area contributed by atoms with Gasteiger partial charge >= 0.3 is 0 Å². The predicted octanol–water partition coefficient (Wildman–Crippen LogP) is 2.07. The lowest BCUT2D eigenvalue weighted by molar-refractivity contribution is 0.385. The molecule has 0 atom stereocenters. The van der Waals surface area contributed by atoms with Crippen molar-refractivity contribution in [1.82, 2.24) is 5.32 Å². The van der Waals surface area contributed by atoms with Crippen LogP contribution in [0.15, 0.2) is 12.1 Å². The minimum absolute atomic E-state index is 0.860. The molecule has 0 saturated carbocycles. The second-order valence-electron chi connectivity index (χ2n) is 3.81. The second kappa shape index (κ2) is 7.45. The SMILES string of the molecule is COc1ccc(CCNCCS)c(OC)c1C. The summed E-state index contributed by atoms with van der Waals surface area (Å²) in [4.78, 5) is 0. The summed E-state index contributed by atoms with van der Waals surface area (Å²) < 4.78 is 10.7. The summed E-state index contributed by atoms with van der Waals surface area (Å²) in [5.41, 5.74) is 2.26. The Morgan fingerprint density at radius 1 is 1.18 bits per heavy atom. The zero-order valence-electron chi connectivity index (χ0n) is 10.7. The number of hydrogen-bond acceptors (Lipinski definition) is 4. The lowest BCUT2D eigenvalue weighted by atomic mass is 10.1. The van der Waals surface area contributed by atoms with Crippen molar-refractivity contribution in [1.29, 1.82) is 0 Å². The number of nitrogens with one attached hydrogen (secondary N) is 1. The van der Waals surface area contributed by atoms with Crippen molar-refractivity contribution in [3.8, 4) is 11.5 Å². The van der Waals surface area contributed by atoms with E-state index in [0.29, 0.717) is 0 Å². The van der Waals surface area contributed by atoms with E-state index in [0.717, 1.165) is 42.3 Å². The fraction of sp³-hybridized carbons (Fsp3) is 0.538. The Balaban J connectivity index is 2.74. The van der Waals surface area contributed by atoms with Gasteiger partial charge in [-0.2, -0.15) is 12.6 Å². The van der Waals surface area contributed by atoms with Crippen molar-refractivity contribution in [2.75, 3.05) is 33.1 Å². The molecule has 0 aliphatic carbocycles. The van der Waals surface area contributed by atoms with E-state index in [1.165, 1.54) is 5.56 Å². The molecule has 17 heavy (non-hydrogen) atoms. The number of rotatable bonds is 7. The summed E-state index contributed by atoms with van der Waals surface area (Å²) in [6, 6.07) is 4.05. The standard InChI is InChI=1S/C13H21NO2S/c1-10-12(15-2)5-4-11(13(10)16-3)6-7-14-8-9-17/h4-5,14,17H,6-9H2,1-3H3. The summed E-state index contributed by atoms with van der Waals surface area (Å²) in [5, 5.41) is 3.32. The maximum atomic E-state index is 5.45. The van der Waals surface area contributed by atoms with Gasteiger partial charge in [0, 0.05) is 17.9 Å². The molecule has 0 radical (unpaired) electrons. The molecule has 4 heteroatoms. The molecule has 96 valence electrons. The van der Waals surface area contributed by atoms with Crippen molar-refractivity contribution in [2.45, 2.75) is 13.3 Å². The van der Waals surface area contributed by atoms with Crippen molar-refractivity contribution < 1.29 is 9.47 Å². The predicted molar refractivity (Wildman–Crippen MR) is 74.7 cm³/mol. The van der Waals surface area contributed by atoms with Crippen LogP contribution < -0.4 is 14.8 Å². The summed E-state index contributed by atoms with van der Waals surface area (Å²) in [5.74, 6) is 2.66. The molecule has 0 unspecified atom stereocenters. The normalized spacial score (nSPS) is 10.4. The molecule has 1 aromatic rings. The highest BCUT2D eigenvalue weighted by Gasteiger charge is 2.10. The van der Waals surface area contributed by atoms with Crippen LogP contribution in [0, 0.1) is 6.92 Å². The molecule has 0 saturated heterocycles. The Morgan fingerprint density at radius 2 is 1.94 bits per heavy atom. The van der Waals surface area contributed by atoms with Gasteiger partial charge in [0.05, 0.1) is 14.2 Å². The monoisotopic (exact) mass is 255 g/mol. The molecule has 0 aliphatic heterocycles. The molecule has 0 aliphatic rings. The van der Waals surface area contributed by atoms with Crippen LogP contribution in [0.5, 0.6) is 11.5 Å². The van der Waals surface area contributed by atoms with Crippen LogP contribution in [0.1, 0.15) is 11.1 Å². The number of methoxy groups -OCH3 is 2. The number of ether oxygens (including phenoxy) is 2. The average molecular weight is 255 g/mol. The van der Waals surface area contributed by atoms with Crippen molar-refractivity contribution in [3.05, 3.63) is 23.3 Å². The van der Waals surface area contributed by atoms with Gasteiger partial charge in [0.2, 0.25) is 0 Å². The third kappa shape index (κ3) is 3.82. The lowest BCUT2D eigenvalue weighted by Crippen LogP contribution is -2.19. The van der Waals surface area contributed by atoms with Crippen LogP contribution in [0.4, 0.5) is 0 Å². The van der Waals surface area contributed by atoms with E-state index in [4.69, 9.17) is 9.47 Å². The summed E-state index contributed by atoms with van der Waals surface area (Å²) >= 11 is 4.16. The lowest BCUT2D eigenvalue weighted by Gasteiger charge is -2.14. The van der Waals surface area contributed by atoms with Crippen molar-refractivity contribution in [3.63, 3.8) is 0 Å².